The Bertz CT molecular complexity index is 1300. The molecule has 188 valence electrons. The van der Waals surface area contributed by atoms with Crippen molar-refractivity contribution in [2.75, 3.05) is 5.32 Å². The van der Waals surface area contributed by atoms with Crippen LogP contribution in [0.5, 0.6) is 0 Å². The molecule has 0 saturated heterocycles. The third kappa shape index (κ3) is 6.81. The van der Waals surface area contributed by atoms with Crippen molar-refractivity contribution in [1.29, 1.82) is 0 Å². The van der Waals surface area contributed by atoms with E-state index < -0.39 is 11.7 Å². The smallest absolute Gasteiger partial charge is 0.275 e. The van der Waals surface area contributed by atoms with Crippen molar-refractivity contribution in [3.8, 4) is 0 Å². The number of rotatable bonds is 7. The summed E-state index contributed by atoms with van der Waals surface area (Å²) in [4.78, 5) is 36.9. The standard InChI is InChI=1S/C25H29FN8O2/c1-15-11-23(33-34(15)6)27-10-9-19(32-31-16(2)35)17-7-8-18(26)20(12-17)30-24(36)21-13-29-22(14-28-21)25(3,4)5/h7-14,32H,1-6H3,(H,30,36)(H,31,35). The van der Waals surface area contributed by atoms with Gasteiger partial charge in [0, 0.05) is 49.1 Å². The maximum Gasteiger partial charge on any atom is 0.275 e. The summed E-state index contributed by atoms with van der Waals surface area (Å²) in [6.07, 6.45) is 5.98. The molecule has 0 aliphatic carbocycles. The lowest BCUT2D eigenvalue weighted by molar-refractivity contribution is -0.119. The third-order valence-electron chi connectivity index (χ3n) is 5.10. The van der Waals surface area contributed by atoms with Crippen LogP contribution >= 0.6 is 0 Å². The fourth-order valence-electron chi connectivity index (χ4n) is 2.97. The van der Waals surface area contributed by atoms with Gasteiger partial charge in [0.25, 0.3) is 5.91 Å². The first-order valence-corrected chi connectivity index (χ1v) is 11.2. The lowest BCUT2D eigenvalue weighted by atomic mass is 9.93. The van der Waals surface area contributed by atoms with Gasteiger partial charge in [-0.25, -0.2) is 14.4 Å². The van der Waals surface area contributed by atoms with E-state index >= 15 is 0 Å². The Morgan fingerprint density at radius 1 is 1.11 bits per heavy atom. The normalized spacial score (nSPS) is 12.0. The summed E-state index contributed by atoms with van der Waals surface area (Å²) in [7, 11) is 1.81. The molecule has 0 radical (unpaired) electrons. The second-order valence-electron chi connectivity index (χ2n) is 9.12. The van der Waals surface area contributed by atoms with Crippen LogP contribution in [0.4, 0.5) is 15.9 Å². The number of aromatic nitrogens is 4. The van der Waals surface area contributed by atoms with Crippen molar-refractivity contribution >= 4 is 35.2 Å². The van der Waals surface area contributed by atoms with Crippen LogP contribution in [0.15, 0.2) is 47.7 Å². The molecular weight excluding hydrogens is 463 g/mol. The molecule has 1 aromatic carbocycles. The van der Waals surface area contributed by atoms with E-state index in [-0.39, 0.29) is 22.7 Å². The molecule has 0 unspecified atom stereocenters. The van der Waals surface area contributed by atoms with Crippen LogP contribution in [0.25, 0.3) is 5.70 Å². The number of hydrogen-bond donors (Lipinski definition) is 3. The van der Waals surface area contributed by atoms with Crippen LogP contribution in [-0.2, 0) is 17.3 Å². The molecule has 2 aromatic heterocycles. The van der Waals surface area contributed by atoms with Gasteiger partial charge in [0.15, 0.2) is 5.82 Å². The van der Waals surface area contributed by atoms with E-state index in [0.29, 0.717) is 17.1 Å². The molecule has 2 amide bonds. The van der Waals surface area contributed by atoms with Crippen LogP contribution in [0.2, 0.25) is 0 Å². The van der Waals surface area contributed by atoms with E-state index in [1.54, 1.807) is 10.8 Å². The van der Waals surface area contributed by atoms with Crippen LogP contribution in [-0.4, -0.2) is 37.8 Å². The van der Waals surface area contributed by atoms with E-state index in [1.807, 2.05) is 40.8 Å². The van der Waals surface area contributed by atoms with Gasteiger partial charge in [0.1, 0.15) is 11.5 Å². The zero-order valence-corrected chi connectivity index (χ0v) is 21.0. The summed E-state index contributed by atoms with van der Waals surface area (Å²) >= 11 is 0. The maximum absolute atomic E-state index is 14.6. The summed E-state index contributed by atoms with van der Waals surface area (Å²) in [6, 6.07) is 5.96. The number of amides is 2. The van der Waals surface area contributed by atoms with Gasteiger partial charge in [-0.15, -0.1) is 0 Å². The number of carbonyl (C=O) groups is 2. The Morgan fingerprint density at radius 2 is 1.86 bits per heavy atom. The molecule has 3 rings (SSSR count). The molecule has 0 aliphatic heterocycles. The number of carbonyl (C=O) groups excluding carboxylic acids is 2. The lowest BCUT2D eigenvalue weighted by Gasteiger charge is -2.17. The van der Waals surface area contributed by atoms with E-state index in [2.05, 4.69) is 36.2 Å². The topological polar surface area (TPSA) is 126 Å². The predicted octanol–water partition coefficient (Wildman–Crippen LogP) is 3.59. The number of aliphatic imine (C=N–C) groups is 1. The Hall–Kier alpha value is -4.41. The summed E-state index contributed by atoms with van der Waals surface area (Å²) < 4.78 is 16.3. The molecule has 0 spiro atoms. The first kappa shape index (κ1) is 26.2. The highest BCUT2D eigenvalue weighted by Crippen LogP contribution is 2.22. The second-order valence-corrected chi connectivity index (χ2v) is 9.12. The van der Waals surface area contributed by atoms with Crippen molar-refractivity contribution in [3.63, 3.8) is 0 Å². The minimum Gasteiger partial charge on any atom is -0.318 e. The first-order chi connectivity index (χ1) is 16.9. The molecule has 3 N–H and O–H groups in total. The average molecular weight is 493 g/mol. The molecule has 3 aromatic rings. The van der Waals surface area contributed by atoms with Crippen LogP contribution in [0.3, 0.4) is 0 Å². The van der Waals surface area contributed by atoms with Crippen molar-refractivity contribution in [3.05, 3.63) is 71.2 Å². The highest BCUT2D eigenvalue weighted by atomic mass is 19.1. The molecule has 0 aliphatic rings. The van der Waals surface area contributed by atoms with Crippen LogP contribution in [0, 0.1) is 12.7 Å². The Balaban J connectivity index is 1.85. The average Bonchev–Trinajstić information content (AvgIpc) is 3.14. The SMILES string of the molecule is CC(=O)NNC(=CC=Nc1cc(C)n(C)n1)c1ccc(F)c(NC(=O)c2cnc(C(C)(C)C)cn2)c1. The molecule has 10 nitrogen and oxygen atoms in total. The molecule has 0 saturated carbocycles. The van der Waals surface area contributed by atoms with Gasteiger partial charge in [-0.05, 0) is 31.2 Å². The highest BCUT2D eigenvalue weighted by molar-refractivity contribution is 6.03. The first-order valence-electron chi connectivity index (χ1n) is 11.2. The van der Waals surface area contributed by atoms with E-state index in [9.17, 15) is 14.0 Å². The Kier molecular flexibility index (Phi) is 7.93. The fourth-order valence-corrected chi connectivity index (χ4v) is 2.97. The summed E-state index contributed by atoms with van der Waals surface area (Å²) in [5, 5.41) is 6.78. The monoisotopic (exact) mass is 492 g/mol. The minimum atomic E-state index is -0.636. The Labute approximate surface area is 208 Å². The zero-order valence-electron chi connectivity index (χ0n) is 21.0. The number of benzene rings is 1. The van der Waals surface area contributed by atoms with Crippen LogP contribution in [0.1, 0.15) is 55.1 Å². The molecule has 2 heterocycles. The van der Waals surface area contributed by atoms with Gasteiger partial charge in [0.05, 0.1) is 23.3 Å². The van der Waals surface area contributed by atoms with E-state index in [1.165, 1.54) is 43.7 Å². The number of anilines is 1. The molecule has 36 heavy (non-hydrogen) atoms. The van der Waals surface area contributed by atoms with Gasteiger partial charge in [-0.1, -0.05) is 20.8 Å². The zero-order chi connectivity index (χ0) is 26.5. The lowest BCUT2D eigenvalue weighted by Crippen LogP contribution is -2.34. The molecule has 0 fully saturated rings. The number of hydrogen-bond acceptors (Lipinski definition) is 7. The number of allylic oxidation sites excluding steroid dienone is 1. The summed E-state index contributed by atoms with van der Waals surface area (Å²) in [5.41, 5.74) is 7.60. The predicted molar refractivity (Wildman–Crippen MR) is 136 cm³/mol. The molecule has 11 heteroatoms. The minimum absolute atomic E-state index is 0.0535. The number of nitrogens with zero attached hydrogens (tertiary/aromatic N) is 5. The maximum atomic E-state index is 14.6. The van der Waals surface area contributed by atoms with Gasteiger partial charge in [-0.3, -0.25) is 30.1 Å². The number of nitrogens with one attached hydrogen (secondary N) is 3. The van der Waals surface area contributed by atoms with Gasteiger partial charge < -0.3 is 5.32 Å². The van der Waals surface area contributed by atoms with Crippen molar-refractivity contribution in [2.45, 2.75) is 40.0 Å². The molecule has 0 atom stereocenters. The summed E-state index contributed by atoms with van der Waals surface area (Å²) in [5.74, 6) is -1.06. The van der Waals surface area contributed by atoms with Crippen molar-refractivity contribution < 1.29 is 14.0 Å². The third-order valence-corrected chi connectivity index (χ3v) is 5.10. The number of hydrazine groups is 1. The fraction of sp³-hybridized carbons (Fsp3) is 0.280. The molecule has 0 bridgehead atoms. The van der Waals surface area contributed by atoms with Gasteiger partial charge >= 0.3 is 0 Å². The summed E-state index contributed by atoms with van der Waals surface area (Å²) in [6.45, 7) is 9.21. The van der Waals surface area contributed by atoms with E-state index in [0.717, 1.165) is 11.4 Å². The number of halogens is 1. The van der Waals surface area contributed by atoms with Gasteiger partial charge in [0.2, 0.25) is 5.91 Å². The van der Waals surface area contributed by atoms with Crippen LogP contribution < -0.4 is 16.2 Å². The Morgan fingerprint density at radius 3 is 2.44 bits per heavy atom. The van der Waals surface area contributed by atoms with E-state index in [4.69, 9.17) is 0 Å². The van der Waals surface area contributed by atoms with Gasteiger partial charge in [-0.2, -0.15) is 5.10 Å². The quantitative estimate of drug-likeness (QED) is 0.342. The van der Waals surface area contributed by atoms with Crippen molar-refractivity contribution in [1.82, 2.24) is 30.6 Å². The van der Waals surface area contributed by atoms with Crippen molar-refractivity contribution in [2.24, 2.45) is 12.0 Å². The number of aryl methyl sites for hydroxylation is 2. The molecular formula is C25H29FN8O2. The largest absolute Gasteiger partial charge is 0.318 e. The second kappa shape index (κ2) is 10.9. The highest BCUT2D eigenvalue weighted by Gasteiger charge is 2.18.